The van der Waals surface area contributed by atoms with Gasteiger partial charge in [0.15, 0.2) is 11.5 Å². The van der Waals surface area contributed by atoms with Crippen LogP contribution in [0.1, 0.15) is 16.7 Å². The third-order valence-electron chi connectivity index (χ3n) is 6.95. The third kappa shape index (κ3) is 2.83. The molecule has 5 aromatic rings. The second-order valence-corrected chi connectivity index (χ2v) is 9.27. The molecule has 0 fully saturated rings. The fourth-order valence-corrected chi connectivity index (χ4v) is 5.63. The lowest BCUT2D eigenvalue weighted by atomic mass is 9.82. The van der Waals surface area contributed by atoms with Gasteiger partial charge in [0.05, 0.1) is 17.1 Å². The molecule has 0 saturated heterocycles. The maximum Gasteiger partial charge on any atom is 0.151 e. The summed E-state index contributed by atoms with van der Waals surface area (Å²) in [7, 11) is 0. The van der Waals surface area contributed by atoms with Gasteiger partial charge < -0.3 is 14.7 Å². The van der Waals surface area contributed by atoms with Gasteiger partial charge in [-0.1, -0.05) is 84.4 Å². The van der Waals surface area contributed by atoms with E-state index in [1.165, 1.54) is 0 Å². The van der Waals surface area contributed by atoms with E-state index in [2.05, 4.69) is 17.0 Å². The molecule has 1 N–H and O–H groups in total. The summed E-state index contributed by atoms with van der Waals surface area (Å²) in [5.41, 5.74) is 5.73. The maximum absolute atomic E-state index is 12.7. The van der Waals surface area contributed by atoms with Crippen LogP contribution in [-0.4, -0.2) is 5.11 Å². The highest BCUT2D eigenvalue weighted by Crippen LogP contribution is 2.57. The predicted molar refractivity (Wildman–Crippen MR) is 140 cm³/mol. The molecule has 0 saturated carbocycles. The highest BCUT2D eigenvalue weighted by molar-refractivity contribution is 6.30. The average molecular weight is 474 g/mol. The molecule has 35 heavy (non-hydrogen) atoms. The molecule has 0 radical (unpaired) electrons. The monoisotopic (exact) mass is 473 g/mol. The van der Waals surface area contributed by atoms with Crippen molar-refractivity contribution in [3.63, 3.8) is 0 Å². The largest absolute Gasteiger partial charge is 0.453 e. The Labute approximate surface area is 208 Å². The van der Waals surface area contributed by atoms with E-state index in [0.717, 1.165) is 50.8 Å². The molecule has 0 aromatic heterocycles. The van der Waals surface area contributed by atoms with Crippen LogP contribution in [0.2, 0.25) is 5.02 Å². The summed E-state index contributed by atoms with van der Waals surface area (Å²) in [6, 6.07) is 37.7. The predicted octanol–water partition coefficient (Wildman–Crippen LogP) is 8.18. The van der Waals surface area contributed by atoms with Gasteiger partial charge >= 0.3 is 0 Å². The summed E-state index contributed by atoms with van der Waals surface area (Å²) < 4.78 is 6.23. The van der Waals surface area contributed by atoms with Crippen LogP contribution in [0.25, 0.3) is 11.1 Å². The molecule has 0 amide bonds. The molecule has 0 atom stereocenters. The number of halogens is 1. The first-order valence-corrected chi connectivity index (χ1v) is 11.9. The summed E-state index contributed by atoms with van der Waals surface area (Å²) in [5, 5.41) is 13.2. The molecule has 0 bridgehead atoms. The fraction of sp³-hybridized carbons (Fsp3) is 0.0323. The van der Waals surface area contributed by atoms with Gasteiger partial charge in [-0.05, 0) is 53.6 Å². The number of fused-ring (bicyclic) bond motifs is 5. The van der Waals surface area contributed by atoms with Crippen molar-refractivity contribution in [2.45, 2.75) is 5.60 Å². The summed E-state index contributed by atoms with van der Waals surface area (Å²) in [6.07, 6.45) is 0. The van der Waals surface area contributed by atoms with Crippen molar-refractivity contribution in [2.75, 3.05) is 4.90 Å². The second kappa shape index (κ2) is 7.47. The number of nitrogens with zero attached hydrogens (tertiary/aromatic N) is 1. The number of rotatable bonds is 2. The quantitative estimate of drug-likeness (QED) is 0.275. The molecule has 2 aliphatic rings. The Kier molecular flexibility index (Phi) is 4.34. The summed E-state index contributed by atoms with van der Waals surface area (Å²) in [6.45, 7) is 0. The first kappa shape index (κ1) is 20.3. The Morgan fingerprint density at radius 2 is 1.09 bits per heavy atom. The Morgan fingerprint density at radius 1 is 0.571 bits per heavy atom. The van der Waals surface area contributed by atoms with Crippen molar-refractivity contribution >= 4 is 28.7 Å². The zero-order chi connectivity index (χ0) is 23.6. The van der Waals surface area contributed by atoms with E-state index in [-0.39, 0.29) is 0 Å². The van der Waals surface area contributed by atoms with Crippen LogP contribution in [0.4, 0.5) is 17.1 Å². The van der Waals surface area contributed by atoms with Crippen molar-refractivity contribution in [2.24, 2.45) is 0 Å². The Bertz CT molecular complexity index is 1540. The molecule has 1 aliphatic heterocycles. The first-order chi connectivity index (χ1) is 17.2. The van der Waals surface area contributed by atoms with Crippen molar-refractivity contribution in [3.05, 3.63) is 137 Å². The fourth-order valence-electron chi connectivity index (χ4n) is 5.46. The molecule has 5 aromatic carbocycles. The molecule has 4 heteroatoms. The smallest absolute Gasteiger partial charge is 0.151 e. The van der Waals surface area contributed by atoms with Crippen LogP contribution >= 0.6 is 11.6 Å². The Balaban J connectivity index is 1.56. The number of para-hydroxylation sites is 4. The van der Waals surface area contributed by atoms with Crippen molar-refractivity contribution in [1.82, 2.24) is 0 Å². The lowest BCUT2D eigenvalue weighted by molar-refractivity contribution is 0.131. The number of anilines is 3. The van der Waals surface area contributed by atoms with Crippen molar-refractivity contribution in [1.29, 1.82) is 0 Å². The van der Waals surface area contributed by atoms with E-state index in [1.807, 2.05) is 103 Å². The van der Waals surface area contributed by atoms with Crippen LogP contribution < -0.4 is 9.64 Å². The molecule has 1 heterocycles. The van der Waals surface area contributed by atoms with Crippen LogP contribution in [0.3, 0.4) is 0 Å². The van der Waals surface area contributed by atoms with Gasteiger partial charge in [0.2, 0.25) is 0 Å². The minimum absolute atomic E-state index is 0.564. The van der Waals surface area contributed by atoms with Gasteiger partial charge in [-0.2, -0.15) is 0 Å². The normalized spacial score (nSPS) is 14.4. The average Bonchev–Trinajstić information content (AvgIpc) is 3.17. The second-order valence-electron chi connectivity index (χ2n) is 8.84. The van der Waals surface area contributed by atoms with Gasteiger partial charge in [-0.15, -0.1) is 0 Å². The molecule has 168 valence electrons. The number of hydrogen-bond acceptors (Lipinski definition) is 3. The molecule has 1 aliphatic carbocycles. The zero-order valence-electron chi connectivity index (χ0n) is 18.7. The van der Waals surface area contributed by atoms with Crippen LogP contribution in [-0.2, 0) is 5.60 Å². The van der Waals surface area contributed by atoms with Crippen LogP contribution in [0, 0.1) is 0 Å². The van der Waals surface area contributed by atoms with E-state index >= 15 is 0 Å². The summed E-state index contributed by atoms with van der Waals surface area (Å²) in [4.78, 5) is 2.15. The van der Waals surface area contributed by atoms with Gasteiger partial charge in [-0.25, -0.2) is 0 Å². The Morgan fingerprint density at radius 3 is 1.69 bits per heavy atom. The number of benzene rings is 5. The van der Waals surface area contributed by atoms with Crippen molar-refractivity contribution in [3.8, 4) is 22.6 Å². The van der Waals surface area contributed by atoms with E-state index < -0.39 is 5.60 Å². The number of ether oxygens (including phenoxy) is 1. The minimum Gasteiger partial charge on any atom is -0.453 e. The van der Waals surface area contributed by atoms with Crippen molar-refractivity contribution < 1.29 is 9.84 Å². The van der Waals surface area contributed by atoms with Gasteiger partial charge in [-0.3, -0.25) is 0 Å². The summed E-state index contributed by atoms with van der Waals surface area (Å²) >= 11 is 6.60. The minimum atomic E-state index is -1.38. The molecule has 0 unspecified atom stereocenters. The lowest BCUT2D eigenvalue weighted by Gasteiger charge is -2.37. The molecule has 0 spiro atoms. The van der Waals surface area contributed by atoms with Crippen LogP contribution in [0.15, 0.2) is 115 Å². The van der Waals surface area contributed by atoms with Gasteiger partial charge in [0, 0.05) is 21.7 Å². The number of hydrogen-bond donors (Lipinski definition) is 1. The number of aliphatic hydroxyl groups is 1. The standard InChI is InChI=1S/C31H20ClNO2/c32-20-17-18-26(33-27-13-5-7-15-29(27)35-30-16-8-6-14-28(30)33)25(19-20)31(34)23-11-3-1-9-21(23)22-10-2-4-12-24(22)31/h1-19,34H. The highest BCUT2D eigenvalue weighted by Gasteiger charge is 2.45. The van der Waals surface area contributed by atoms with E-state index in [0.29, 0.717) is 10.6 Å². The van der Waals surface area contributed by atoms with E-state index in [4.69, 9.17) is 16.3 Å². The maximum atomic E-state index is 12.7. The van der Waals surface area contributed by atoms with Crippen LogP contribution in [0.5, 0.6) is 11.5 Å². The van der Waals surface area contributed by atoms with E-state index in [9.17, 15) is 5.11 Å². The van der Waals surface area contributed by atoms with Gasteiger partial charge in [0.1, 0.15) is 5.60 Å². The Hall–Kier alpha value is -4.05. The molecule has 3 nitrogen and oxygen atoms in total. The zero-order valence-corrected chi connectivity index (χ0v) is 19.4. The molecular formula is C31H20ClNO2. The van der Waals surface area contributed by atoms with Gasteiger partial charge in [0.25, 0.3) is 0 Å². The molecule has 7 rings (SSSR count). The molecular weight excluding hydrogens is 454 g/mol. The SMILES string of the molecule is OC1(c2cc(Cl)ccc2N2c3ccccc3Oc3ccccc32)c2ccccc2-c2ccccc21. The lowest BCUT2D eigenvalue weighted by Crippen LogP contribution is -2.29. The third-order valence-corrected chi connectivity index (χ3v) is 7.18. The first-order valence-electron chi connectivity index (χ1n) is 11.5. The highest BCUT2D eigenvalue weighted by atomic mass is 35.5. The topological polar surface area (TPSA) is 32.7 Å². The summed E-state index contributed by atoms with van der Waals surface area (Å²) in [5.74, 6) is 1.51. The van der Waals surface area contributed by atoms with E-state index in [1.54, 1.807) is 0 Å².